The van der Waals surface area contributed by atoms with Crippen LogP contribution in [0.1, 0.15) is 19.9 Å². The van der Waals surface area contributed by atoms with Crippen molar-refractivity contribution >= 4 is 0 Å². The van der Waals surface area contributed by atoms with Crippen molar-refractivity contribution in [3.8, 4) is 0 Å². The van der Waals surface area contributed by atoms with Gasteiger partial charge in [0.05, 0.1) is 0 Å². The van der Waals surface area contributed by atoms with Gasteiger partial charge in [0.25, 0.3) is 0 Å². The third kappa shape index (κ3) is 1.54. The molecule has 5 heteroatoms. The normalized spacial score (nSPS) is 10.5. The Balaban J connectivity index is 3.32. The molecule has 1 aromatic rings. The van der Waals surface area contributed by atoms with Crippen LogP contribution in [0.3, 0.4) is 0 Å². The van der Waals surface area contributed by atoms with Gasteiger partial charge >= 0.3 is 11.4 Å². The van der Waals surface area contributed by atoms with Gasteiger partial charge in [-0.05, 0) is 13.8 Å². The van der Waals surface area contributed by atoms with Gasteiger partial charge in [-0.25, -0.2) is 9.59 Å². The summed E-state index contributed by atoms with van der Waals surface area (Å²) >= 11 is 0. The van der Waals surface area contributed by atoms with Crippen molar-refractivity contribution in [1.29, 1.82) is 0 Å². The minimum Gasteiger partial charge on any atom is -0.282 e. The molecule has 1 heterocycles. The summed E-state index contributed by atoms with van der Waals surface area (Å²) < 4.78 is 1.35. The van der Waals surface area contributed by atoms with Crippen molar-refractivity contribution < 1.29 is 0 Å². The first kappa shape index (κ1) is 7.71. The zero-order valence-electron chi connectivity index (χ0n) is 6.37. The standard InChI is InChI=1S/C6H9N3O2/c1-4(2)9-3-7-5(10)8-6(9)11/h3-4H,1-2H3,(H,8,10,11). The molecule has 0 aliphatic carbocycles. The molecule has 0 spiro atoms. The monoisotopic (exact) mass is 155 g/mol. The molecule has 1 rings (SSSR count). The Morgan fingerprint density at radius 3 is 2.64 bits per heavy atom. The molecule has 0 unspecified atom stereocenters. The van der Waals surface area contributed by atoms with E-state index in [9.17, 15) is 9.59 Å². The molecular formula is C6H9N3O2. The van der Waals surface area contributed by atoms with Crippen LogP contribution >= 0.6 is 0 Å². The molecule has 1 aromatic heterocycles. The summed E-state index contributed by atoms with van der Waals surface area (Å²) in [6.45, 7) is 3.67. The summed E-state index contributed by atoms with van der Waals surface area (Å²) in [4.78, 5) is 26.9. The maximum atomic E-state index is 10.9. The van der Waals surface area contributed by atoms with Crippen molar-refractivity contribution in [2.45, 2.75) is 19.9 Å². The Bertz CT molecular complexity index is 349. The number of rotatable bonds is 1. The van der Waals surface area contributed by atoms with E-state index >= 15 is 0 Å². The van der Waals surface area contributed by atoms with Crippen molar-refractivity contribution in [3.05, 3.63) is 27.3 Å². The third-order valence-electron chi connectivity index (χ3n) is 1.30. The second-order valence-corrected chi connectivity index (χ2v) is 2.48. The van der Waals surface area contributed by atoms with Gasteiger partial charge in [0.15, 0.2) is 0 Å². The van der Waals surface area contributed by atoms with E-state index in [4.69, 9.17) is 0 Å². The second kappa shape index (κ2) is 2.69. The Kier molecular flexibility index (Phi) is 1.89. The molecule has 5 nitrogen and oxygen atoms in total. The van der Waals surface area contributed by atoms with E-state index < -0.39 is 11.4 Å². The number of nitrogens with zero attached hydrogens (tertiary/aromatic N) is 2. The second-order valence-electron chi connectivity index (χ2n) is 2.48. The van der Waals surface area contributed by atoms with Crippen molar-refractivity contribution in [2.24, 2.45) is 0 Å². The predicted molar refractivity (Wildman–Crippen MR) is 39.5 cm³/mol. The first-order chi connectivity index (χ1) is 5.11. The molecule has 60 valence electrons. The van der Waals surface area contributed by atoms with E-state index in [0.717, 1.165) is 0 Å². The molecule has 0 radical (unpaired) electrons. The molecule has 0 aliphatic heterocycles. The molecule has 0 atom stereocenters. The first-order valence-corrected chi connectivity index (χ1v) is 3.28. The average Bonchev–Trinajstić information content (AvgIpc) is 1.85. The maximum Gasteiger partial charge on any atom is 0.350 e. The van der Waals surface area contributed by atoms with Gasteiger partial charge in [0.2, 0.25) is 0 Å². The highest BCUT2D eigenvalue weighted by Gasteiger charge is 1.99. The summed E-state index contributed by atoms with van der Waals surface area (Å²) in [5.41, 5.74) is -1.02. The smallest absolute Gasteiger partial charge is 0.282 e. The summed E-state index contributed by atoms with van der Waals surface area (Å²) in [5, 5.41) is 0. The van der Waals surface area contributed by atoms with E-state index in [1.807, 2.05) is 13.8 Å². The minimum atomic E-state index is -0.605. The van der Waals surface area contributed by atoms with Crippen molar-refractivity contribution in [1.82, 2.24) is 14.5 Å². The number of hydrogen-bond donors (Lipinski definition) is 1. The van der Waals surface area contributed by atoms with Crippen LogP contribution in [0.5, 0.6) is 0 Å². The van der Waals surface area contributed by atoms with Crippen LogP contribution in [-0.4, -0.2) is 14.5 Å². The molecule has 0 fully saturated rings. The molecular weight excluding hydrogens is 146 g/mol. The molecule has 0 saturated carbocycles. The van der Waals surface area contributed by atoms with E-state index in [1.165, 1.54) is 10.9 Å². The number of aromatic amines is 1. The van der Waals surface area contributed by atoms with Crippen LogP contribution in [0, 0.1) is 0 Å². The van der Waals surface area contributed by atoms with Crippen LogP contribution in [0.2, 0.25) is 0 Å². The minimum absolute atomic E-state index is 0.0202. The van der Waals surface area contributed by atoms with E-state index in [2.05, 4.69) is 9.97 Å². The van der Waals surface area contributed by atoms with Gasteiger partial charge in [-0.1, -0.05) is 0 Å². The van der Waals surface area contributed by atoms with Crippen molar-refractivity contribution in [3.63, 3.8) is 0 Å². The Morgan fingerprint density at radius 1 is 1.55 bits per heavy atom. The molecule has 0 aromatic carbocycles. The lowest BCUT2D eigenvalue weighted by Gasteiger charge is -2.05. The molecule has 11 heavy (non-hydrogen) atoms. The number of nitrogens with one attached hydrogen (secondary N) is 1. The molecule has 0 amide bonds. The van der Waals surface area contributed by atoms with E-state index in [-0.39, 0.29) is 6.04 Å². The molecule has 1 N–H and O–H groups in total. The third-order valence-corrected chi connectivity index (χ3v) is 1.30. The fourth-order valence-corrected chi connectivity index (χ4v) is 0.723. The lowest BCUT2D eigenvalue weighted by Crippen LogP contribution is -2.31. The SMILES string of the molecule is CC(C)n1cnc(=O)[nH]c1=O. The molecule has 0 bridgehead atoms. The highest BCUT2D eigenvalue weighted by Crippen LogP contribution is 1.93. The summed E-state index contributed by atoms with van der Waals surface area (Å²) in [7, 11) is 0. The lowest BCUT2D eigenvalue weighted by molar-refractivity contribution is 0.546. The number of aromatic nitrogens is 3. The Hall–Kier alpha value is -1.39. The van der Waals surface area contributed by atoms with Crippen LogP contribution in [0.15, 0.2) is 15.9 Å². The zero-order chi connectivity index (χ0) is 8.43. The van der Waals surface area contributed by atoms with Crippen molar-refractivity contribution in [2.75, 3.05) is 0 Å². The Morgan fingerprint density at radius 2 is 2.18 bits per heavy atom. The zero-order valence-corrected chi connectivity index (χ0v) is 6.37. The van der Waals surface area contributed by atoms with Gasteiger partial charge < -0.3 is 0 Å². The topological polar surface area (TPSA) is 67.8 Å². The molecule has 0 aliphatic rings. The highest BCUT2D eigenvalue weighted by atomic mass is 16.2. The first-order valence-electron chi connectivity index (χ1n) is 3.28. The average molecular weight is 155 g/mol. The van der Waals surface area contributed by atoms with E-state index in [0.29, 0.717) is 0 Å². The van der Waals surface area contributed by atoms with Gasteiger partial charge in [-0.15, -0.1) is 0 Å². The van der Waals surface area contributed by atoms with Gasteiger partial charge in [0.1, 0.15) is 6.33 Å². The van der Waals surface area contributed by atoms with Crippen LogP contribution < -0.4 is 11.4 Å². The summed E-state index contributed by atoms with van der Waals surface area (Å²) in [6, 6.07) is 0.0202. The Labute approximate surface area is 62.7 Å². The summed E-state index contributed by atoms with van der Waals surface area (Å²) in [5.74, 6) is 0. The van der Waals surface area contributed by atoms with Gasteiger partial charge in [-0.2, -0.15) is 4.98 Å². The fraction of sp³-hybridized carbons (Fsp3) is 0.500. The number of H-pyrrole nitrogens is 1. The van der Waals surface area contributed by atoms with Gasteiger partial charge in [-0.3, -0.25) is 9.55 Å². The van der Waals surface area contributed by atoms with Crippen LogP contribution in [0.4, 0.5) is 0 Å². The summed E-state index contributed by atoms with van der Waals surface area (Å²) in [6.07, 6.45) is 1.24. The fourth-order valence-electron chi connectivity index (χ4n) is 0.723. The van der Waals surface area contributed by atoms with Crippen LogP contribution in [0.25, 0.3) is 0 Å². The predicted octanol–water partition coefficient (Wildman–Crippen LogP) is -0.487. The quantitative estimate of drug-likeness (QED) is 0.595. The van der Waals surface area contributed by atoms with E-state index in [1.54, 1.807) is 0 Å². The van der Waals surface area contributed by atoms with Gasteiger partial charge in [0, 0.05) is 6.04 Å². The lowest BCUT2D eigenvalue weighted by atomic mass is 10.4. The molecule has 0 saturated heterocycles. The highest BCUT2D eigenvalue weighted by molar-refractivity contribution is 4.70. The maximum absolute atomic E-state index is 10.9. The largest absolute Gasteiger partial charge is 0.350 e. The number of hydrogen-bond acceptors (Lipinski definition) is 3. The van der Waals surface area contributed by atoms with Crippen LogP contribution in [-0.2, 0) is 0 Å².